The van der Waals surface area contributed by atoms with Gasteiger partial charge in [-0.25, -0.2) is 4.79 Å². The van der Waals surface area contributed by atoms with Crippen LogP contribution in [0.15, 0.2) is 48.5 Å². The van der Waals surface area contributed by atoms with Crippen molar-refractivity contribution in [3.05, 3.63) is 68.3 Å². The molecule has 0 saturated carbocycles. The van der Waals surface area contributed by atoms with Crippen LogP contribution < -0.4 is 0 Å². The zero-order valence-electron chi connectivity index (χ0n) is 9.40. The second kappa shape index (κ2) is 6.20. The van der Waals surface area contributed by atoms with Gasteiger partial charge in [0, 0.05) is 8.59 Å². The minimum Gasteiger partial charge on any atom is -0.457 e. The Morgan fingerprint density at radius 1 is 1.11 bits per heavy atom. The molecule has 2 aromatic carbocycles. The fraction of sp³-hybridized carbons (Fsp3) is 0.0714. The largest absolute Gasteiger partial charge is 0.457 e. The van der Waals surface area contributed by atoms with Crippen LogP contribution in [0.25, 0.3) is 0 Å². The van der Waals surface area contributed by atoms with Gasteiger partial charge in [0.25, 0.3) is 0 Å². The molecule has 2 nitrogen and oxygen atoms in total. The Labute approximate surface area is 124 Å². The number of rotatable bonds is 3. The molecule has 92 valence electrons. The van der Waals surface area contributed by atoms with E-state index in [-0.39, 0.29) is 12.6 Å². The average molecular weight is 373 g/mol. The Hall–Kier alpha value is -1.07. The Kier molecular flexibility index (Phi) is 4.60. The third-order valence-corrected chi connectivity index (χ3v) is 3.57. The quantitative estimate of drug-likeness (QED) is 0.593. The molecule has 4 heteroatoms. The number of benzene rings is 2. The average Bonchev–Trinajstić information content (AvgIpc) is 2.38. The van der Waals surface area contributed by atoms with Crippen LogP contribution in [0.1, 0.15) is 15.9 Å². The first-order valence-electron chi connectivity index (χ1n) is 5.33. The minimum atomic E-state index is -0.310. The molecule has 0 heterocycles. The molecule has 0 radical (unpaired) electrons. The first-order chi connectivity index (χ1) is 8.66. The Balaban J connectivity index is 2.01. The number of carbonyl (C=O) groups is 1. The van der Waals surface area contributed by atoms with E-state index in [9.17, 15) is 4.79 Å². The maximum Gasteiger partial charge on any atom is 0.339 e. The summed E-state index contributed by atoms with van der Waals surface area (Å²) in [5, 5.41) is 0.669. The van der Waals surface area contributed by atoms with Gasteiger partial charge in [0.1, 0.15) is 6.61 Å². The van der Waals surface area contributed by atoms with Gasteiger partial charge in [-0.1, -0.05) is 35.9 Å². The second-order valence-electron chi connectivity index (χ2n) is 3.68. The van der Waals surface area contributed by atoms with Crippen molar-refractivity contribution in [1.29, 1.82) is 0 Å². The summed E-state index contributed by atoms with van der Waals surface area (Å²) < 4.78 is 6.13. The molecule has 0 aliphatic rings. The van der Waals surface area contributed by atoms with Crippen molar-refractivity contribution in [2.75, 3.05) is 0 Å². The van der Waals surface area contributed by atoms with E-state index in [4.69, 9.17) is 16.3 Å². The topological polar surface area (TPSA) is 26.3 Å². The molecule has 0 fully saturated rings. The summed E-state index contributed by atoms with van der Waals surface area (Å²) in [4.78, 5) is 11.9. The highest BCUT2D eigenvalue weighted by molar-refractivity contribution is 14.1. The van der Waals surface area contributed by atoms with E-state index < -0.39 is 0 Å². The summed E-state index contributed by atoms with van der Waals surface area (Å²) in [5.41, 5.74) is 1.51. The molecular formula is C14H10ClIO2. The van der Waals surface area contributed by atoms with Crippen molar-refractivity contribution in [3.8, 4) is 0 Å². The number of carbonyl (C=O) groups excluding carboxylic acids is 1. The lowest BCUT2D eigenvalue weighted by atomic mass is 10.2. The molecule has 0 spiro atoms. The highest BCUT2D eigenvalue weighted by Crippen LogP contribution is 2.14. The normalized spacial score (nSPS) is 10.1. The van der Waals surface area contributed by atoms with Gasteiger partial charge >= 0.3 is 5.97 Å². The SMILES string of the molecule is O=C(OCc1ccc(Cl)cc1)c1ccccc1I. The van der Waals surface area contributed by atoms with Crippen LogP contribution in [0.3, 0.4) is 0 Å². The van der Waals surface area contributed by atoms with Gasteiger partial charge < -0.3 is 4.74 Å². The molecular weight excluding hydrogens is 363 g/mol. The molecule has 0 unspecified atom stereocenters. The Morgan fingerprint density at radius 3 is 2.44 bits per heavy atom. The van der Waals surface area contributed by atoms with Crippen LogP contribution in [-0.4, -0.2) is 5.97 Å². The number of hydrogen-bond acceptors (Lipinski definition) is 2. The van der Waals surface area contributed by atoms with Gasteiger partial charge in [-0.15, -0.1) is 0 Å². The van der Waals surface area contributed by atoms with Gasteiger partial charge in [0.2, 0.25) is 0 Å². The lowest BCUT2D eigenvalue weighted by molar-refractivity contribution is 0.0471. The summed E-state index contributed by atoms with van der Waals surface area (Å²) in [6, 6.07) is 14.6. The summed E-state index contributed by atoms with van der Waals surface area (Å²) >= 11 is 7.90. The van der Waals surface area contributed by atoms with Crippen molar-refractivity contribution >= 4 is 40.2 Å². The number of esters is 1. The van der Waals surface area contributed by atoms with Crippen molar-refractivity contribution in [2.24, 2.45) is 0 Å². The minimum absolute atomic E-state index is 0.251. The number of halogens is 2. The Morgan fingerprint density at radius 2 is 1.78 bits per heavy atom. The molecule has 0 amide bonds. The third-order valence-electron chi connectivity index (χ3n) is 2.38. The van der Waals surface area contributed by atoms with E-state index in [1.807, 2.05) is 30.3 Å². The van der Waals surface area contributed by atoms with Gasteiger partial charge in [-0.05, 0) is 52.4 Å². The van der Waals surface area contributed by atoms with Gasteiger partial charge in [0.05, 0.1) is 5.56 Å². The van der Waals surface area contributed by atoms with Crippen molar-refractivity contribution in [1.82, 2.24) is 0 Å². The standard InChI is InChI=1S/C14H10ClIO2/c15-11-7-5-10(6-8-11)9-18-14(17)12-3-1-2-4-13(12)16/h1-8H,9H2. The lowest BCUT2D eigenvalue weighted by Crippen LogP contribution is -2.06. The predicted octanol–water partition coefficient (Wildman–Crippen LogP) is 4.30. The molecule has 2 rings (SSSR count). The van der Waals surface area contributed by atoms with Gasteiger partial charge in [-0.3, -0.25) is 0 Å². The van der Waals surface area contributed by atoms with E-state index in [1.54, 1.807) is 18.2 Å². The van der Waals surface area contributed by atoms with Crippen molar-refractivity contribution in [2.45, 2.75) is 6.61 Å². The van der Waals surface area contributed by atoms with Crippen LogP contribution in [-0.2, 0) is 11.3 Å². The van der Waals surface area contributed by atoms with Crippen LogP contribution in [0, 0.1) is 3.57 Å². The molecule has 2 aromatic rings. The van der Waals surface area contributed by atoms with E-state index in [1.165, 1.54) is 0 Å². The summed E-state index contributed by atoms with van der Waals surface area (Å²) in [7, 11) is 0. The van der Waals surface area contributed by atoms with Gasteiger partial charge in [0.15, 0.2) is 0 Å². The molecule has 0 aliphatic heterocycles. The van der Waals surface area contributed by atoms with Crippen LogP contribution in [0.5, 0.6) is 0 Å². The summed E-state index contributed by atoms with van der Waals surface area (Å²) in [6.07, 6.45) is 0. The molecule has 0 atom stereocenters. The summed E-state index contributed by atoms with van der Waals surface area (Å²) in [6.45, 7) is 0.251. The van der Waals surface area contributed by atoms with E-state index >= 15 is 0 Å². The first-order valence-corrected chi connectivity index (χ1v) is 6.78. The molecule has 0 N–H and O–H groups in total. The lowest BCUT2D eigenvalue weighted by Gasteiger charge is -2.06. The monoisotopic (exact) mass is 372 g/mol. The van der Waals surface area contributed by atoms with Crippen LogP contribution in [0.2, 0.25) is 5.02 Å². The van der Waals surface area contributed by atoms with E-state index in [0.717, 1.165) is 9.13 Å². The zero-order valence-corrected chi connectivity index (χ0v) is 12.3. The number of ether oxygens (including phenoxy) is 1. The fourth-order valence-corrected chi connectivity index (χ4v) is 2.17. The maximum absolute atomic E-state index is 11.9. The first kappa shape index (κ1) is 13.4. The summed E-state index contributed by atoms with van der Waals surface area (Å²) in [5.74, 6) is -0.310. The van der Waals surface area contributed by atoms with Crippen LogP contribution in [0.4, 0.5) is 0 Å². The number of hydrogen-bond donors (Lipinski definition) is 0. The maximum atomic E-state index is 11.9. The van der Waals surface area contributed by atoms with Crippen LogP contribution >= 0.6 is 34.2 Å². The highest BCUT2D eigenvalue weighted by Gasteiger charge is 2.10. The van der Waals surface area contributed by atoms with E-state index in [0.29, 0.717) is 10.6 Å². The molecule has 0 bridgehead atoms. The smallest absolute Gasteiger partial charge is 0.339 e. The molecule has 0 aromatic heterocycles. The third kappa shape index (κ3) is 3.46. The zero-order chi connectivity index (χ0) is 13.0. The molecule has 18 heavy (non-hydrogen) atoms. The highest BCUT2D eigenvalue weighted by atomic mass is 127. The predicted molar refractivity (Wildman–Crippen MR) is 79.7 cm³/mol. The Bertz CT molecular complexity index is 552. The second-order valence-corrected chi connectivity index (χ2v) is 5.28. The molecule has 0 saturated heterocycles. The van der Waals surface area contributed by atoms with Gasteiger partial charge in [-0.2, -0.15) is 0 Å². The van der Waals surface area contributed by atoms with Crippen molar-refractivity contribution < 1.29 is 9.53 Å². The van der Waals surface area contributed by atoms with E-state index in [2.05, 4.69) is 22.6 Å². The molecule has 0 aliphatic carbocycles. The fourth-order valence-electron chi connectivity index (χ4n) is 1.43. The van der Waals surface area contributed by atoms with Crippen molar-refractivity contribution in [3.63, 3.8) is 0 Å².